The molecule has 1 amide bonds. The maximum atomic E-state index is 11.4. The number of rotatable bonds is 4. The van der Waals surface area contributed by atoms with Gasteiger partial charge in [0.25, 0.3) is 0 Å². The van der Waals surface area contributed by atoms with E-state index in [9.17, 15) is 4.79 Å². The SMILES string of the molecule is CC(CCO)NC(=O)[C@H]1CCCO1. The van der Waals surface area contributed by atoms with Gasteiger partial charge in [-0.25, -0.2) is 0 Å². The number of nitrogens with one attached hydrogen (secondary N) is 1. The van der Waals surface area contributed by atoms with Crippen LogP contribution in [0.2, 0.25) is 0 Å². The molecule has 1 rings (SSSR count). The van der Waals surface area contributed by atoms with Gasteiger partial charge in [-0.15, -0.1) is 0 Å². The smallest absolute Gasteiger partial charge is 0.249 e. The van der Waals surface area contributed by atoms with E-state index in [2.05, 4.69) is 5.32 Å². The van der Waals surface area contributed by atoms with Crippen molar-refractivity contribution in [3.8, 4) is 0 Å². The van der Waals surface area contributed by atoms with Crippen molar-refractivity contribution in [1.82, 2.24) is 5.32 Å². The Kier molecular flexibility index (Phi) is 4.18. The molecule has 0 aromatic carbocycles. The molecule has 4 heteroatoms. The van der Waals surface area contributed by atoms with Crippen LogP contribution >= 0.6 is 0 Å². The van der Waals surface area contributed by atoms with Crippen molar-refractivity contribution in [3.63, 3.8) is 0 Å². The lowest BCUT2D eigenvalue weighted by molar-refractivity contribution is -0.130. The van der Waals surface area contributed by atoms with Crippen LogP contribution in [0, 0.1) is 0 Å². The molecule has 0 aliphatic carbocycles. The van der Waals surface area contributed by atoms with Crippen LogP contribution in [-0.4, -0.2) is 36.4 Å². The third kappa shape index (κ3) is 3.32. The molecule has 4 nitrogen and oxygen atoms in total. The Hall–Kier alpha value is -0.610. The lowest BCUT2D eigenvalue weighted by atomic mass is 10.2. The van der Waals surface area contributed by atoms with E-state index in [1.165, 1.54) is 0 Å². The predicted octanol–water partition coefficient (Wildman–Crippen LogP) is 0.0525. The van der Waals surface area contributed by atoms with E-state index in [0.717, 1.165) is 12.8 Å². The summed E-state index contributed by atoms with van der Waals surface area (Å²) in [5, 5.41) is 11.4. The minimum absolute atomic E-state index is 0.0294. The van der Waals surface area contributed by atoms with E-state index in [1.54, 1.807) is 0 Å². The maximum absolute atomic E-state index is 11.4. The number of hydrogen-bond donors (Lipinski definition) is 2. The first-order valence-corrected chi connectivity index (χ1v) is 4.77. The second kappa shape index (κ2) is 5.19. The fourth-order valence-corrected chi connectivity index (χ4v) is 1.39. The van der Waals surface area contributed by atoms with Crippen molar-refractivity contribution in [1.29, 1.82) is 0 Å². The van der Waals surface area contributed by atoms with Crippen molar-refractivity contribution < 1.29 is 14.6 Å². The summed E-state index contributed by atoms with van der Waals surface area (Å²) in [5.74, 6) is -0.0431. The van der Waals surface area contributed by atoms with E-state index in [4.69, 9.17) is 9.84 Å². The summed E-state index contributed by atoms with van der Waals surface area (Å²) in [6.45, 7) is 2.67. The first-order chi connectivity index (χ1) is 6.24. The summed E-state index contributed by atoms with van der Waals surface area (Å²) in [4.78, 5) is 11.4. The Morgan fingerprint density at radius 2 is 2.54 bits per heavy atom. The molecule has 1 fully saturated rings. The zero-order chi connectivity index (χ0) is 9.68. The molecule has 1 heterocycles. The molecule has 1 saturated heterocycles. The second-order valence-electron chi connectivity index (χ2n) is 3.42. The third-order valence-corrected chi connectivity index (χ3v) is 2.17. The van der Waals surface area contributed by atoms with Crippen LogP contribution in [0.25, 0.3) is 0 Å². The van der Waals surface area contributed by atoms with Gasteiger partial charge in [-0.05, 0) is 26.2 Å². The molecule has 0 aromatic rings. The highest BCUT2D eigenvalue weighted by atomic mass is 16.5. The Morgan fingerprint density at radius 1 is 1.77 bits per heavy atom. The summed E-state index contributed by atoms with van der Waals surface area (Å²) < 4.78 is 5.22. The molecule has 0 bridgehead atoms. The molecule has 0 radical (unpaired) electrons. The zero-order valence-electron chi connectivity index (χ0n) is 7.95. The van der Waals surface area contributed by atoms with Crippen LogP contribution in [0.15, 0.2) is 0 Å². The number of ether oxygens (including phenoxy) is 1. The zero-order valence-corrected chi connectivity index (χ0v) is 7.95. The molecule has 2 N–H and O–H groups in total. The van der Waals surface area contributed by atoms with Crippen LogP contribution in [0.5, 0.6) is 0 Å². The molecule has 0 aromatic heterocycles. The van der Waals surface area contributed by atoms with E-state index in [-0.39, 0.29) is 24.7 Å². The Balaban J connectivity index is 2.23. The van der Waals surface area contributed by atoms with Gasteiger partial charge in [0.1, 0.15) is 6.10 Å². The molecular formula is C9H17NO3. The largest absolute Gasteiger partial charge is 0.396 e. The van der Waals surface area contributed by atoms with Gasteiger partial charge >= 0.3 is 0 Å². The van der Waals surface area contributed by atoms with Crippen LogP contribution in [-0.2, 0) is 9.53 Å². The molecule has 0 saturated carbocycles. The monoisotopic (exact) mass is 187 g/mol. The van der Waals surface area contributed by atoms with Gasteiger partial charge in [0.2, 0.25) is 5.91 Å². The number of amides is 1. The predicted molar refractivity (Wildman–Crippen MR) is 48.3 cm³/mol. The van der Waals surface area contributed by atoms with Crippen molar-refractivity contribution >= 4 is 5.91 Å². The Bertz CT molecular complexity index is 166. The summed E-state index contributed by atoms with van der Waals surface area (Å²) in [6.07, 6.45) is 2.11. The topological polar surface area (TPSA) is 58.6 Å². The van der Waals surface area contributed by atoms with Crippen LogP contribution in [0.4, 0.5) is 0 Å². The van der Waals surface area contributed by atoms with Gasteiger partial charge in [-0.3, -0.25) is 4.79 Å². The highest BCUT2D eigenvalue weighted by Gasteiger charge is 2.24. The summed E-state index contributed by atoms with van der Waals surface area (Å²) in [7, 11) is 0. The molecule has 0 spiro atoms. The van der Waals surface area contributed by atoms with E-state index >= 15 is 0 Å². The number of aliphatic hydroxyl groups excluding tert-OH is 1. The quantitative estimate of drug-likeness (QED) is 0.654. The highest BCUT2D eigenvalue weighted by molar-refractivity contribution is 5.81. The first-order valence-electron chi connectivity index (χ1n) is 4.77. The Labute approximate surface area is 78.3 Å². The van der Waals surface area contributed by atoms with Gasteiger partial charge in [-0.1, -0.05) is 0 Å². The normalized spacial score (nSPS) is 24.3. The van der Waals surface area contributed by atoms with Gasteiger partial charge < -0.3 is 15.2 Å². The first kappa shape index (κ1) is 10.5. The highest BCUT2D eigenvalue weighted by Crippen LogP contribution is 2.11. The summed E-state index contributed by atoms with van der Waals surface area (Å²) in [5.41, 5.74) is 0. The molecule has 1 unspecified atom stereocenters. The molecule has 13 heavy (non-hydrogen) atoms. The minimum Gasteiger partial charge on any atom is -0.396 e. The standard InChI is InChI=1S/C9H17NO3/c1-7(4-5-11)10-9(12)8-3-2-6-13-8/h7-8,11H,2-6H2,1H3,(H,10,12)/t7?,8-/m1/s1. The number of hydrogen-bond acceptors (Lipinski definition) is 3. The van der Waals surface area contributed by atoms with Crippen molar-refractivity contribution in [3.05, 3.63) is 0 Å². The minimum atomic E-state index is -0.263. The van der Waals surface area contributed by atoms with Crippen LogP contribution < -0.4 is 5.32 Å². The third-order valence-electron chi connectivity index (χ3n) is 2.17. The van der Waals surface area contributed by atoms with Crippen LogP contribution in [0.3, 0.4) is 0 Å². The van der Waals surface area contributed by atoms with Crippen molar-refractivity contribution in [2.75, 3.05) is 13.2 Å². The van der Waals surface area contributed by atoms with E-state index in [0.29, 0.717) is 13.0 Å². The number of carbonyl (C=O) groups is 1. The lowest BCUT2D eigenvalue weighted by Crippen LogP contribution is -2.40. The molecule has 1 aliphatic heterocycles. The second-order valence-corrected chi connectivity index (χ2v) is 3.42. The van der Waals surface area contributed by atoms with Crippen molar-refractivity contribution in [2.24, 2.45) is 0 Å². The molecule has 76 valence electrons. The van der Waals surface area contributed by atoms with Gasteiger partial charge in [0.15, 0.2) is 0 Å². The average molecular weight is 187 g/mol. The van der Waals surface area contributed by atoms with Gasteiger partial charge in [0.05, 0.1) is 0 Å². The van der Waals surface area contributed by atoms with E-state index in [1.807, 2.05) is 6.92 Å². The Morgan fingerprint density at radius 3 is 3.08 bits per heavy atom. The molecule has 1 aliphatic rings. The fourth-order valence-electron chi connectivity index (χ4n) is 1.39. The van der Waals surface area contributed by atoms with E-state index < -0.39 is 0 Å². The molecule has 2 atom stereocenters. The van der Waals surface area contributed by atoms with Gasteiger partial charge in [-0.2, -0.15) is 0 Å². The van der Waals surface area contributed by atoms with Crippen LogP contribution in [0.1, 0.15) is 26.2 Å². The summed E-state index contributed by atoms with van der Waals surface area (Å²) >= 11 is 0. The fraction of sp³-hybridized carbons (Fsp3) is 0.889. The maximum Gasteiger partial charge on any atom is 0.249 e. The number of carbonyl (C=O) groups excluding carboxylic acids is 1. The van der Waals surface area contributed by atoms with Crippen molar-refractivity contribution in [2.45, 2.75) is 38.3 Å². The average Bonchev–Trinajstić information content (AvgIpc) is 2.55. The molecular weight excluding hydrogens is 170 g/mol. The number of aliphatic hydroxyl groups is 1. The van der Waals surface area contributed by atoms with Gasteiger partial charge in [0, 0.05) is 19.3 Å². The lowest BCUT2D eigenvalue weighted by Gasteiger charge is -2.15. The summed E-state index contributed by atoms with van der Waals surface area (Å²) in [6, 6.07) is 0.0294.